The molecule has 0 bridgehead atoms. The van der Waals surface area contributed by atoms with E-state index in [1.165, 1.54) is 19.3 Å². The van der Waals surface area contributed by atoms with E-state index in [1.54, 1.807) is 18.4 Å². The van der Waals surface area contributed by atoms with Gasteiger partial charge >= 0.3 is 0 Å². The minimum absolute atomic E-state index is 0.0744. The number of carbonyl (C=O) groups is 1. The van der Waals surface area contributed by atoms with Gasteiger partial charge in [-0.15, -0.1) is 0 Å². The minimum Gasteiger partial charge on any atom is -0.491 e. The molecule has 2 heterocycles. The van der Waals surface area contributed by atoms with Crippen LogP contribution in [-0.2, 0) is 0 Å². The Morgan fingerprint density at radius 2 is 1.88 bits per heavy atom. The number of carbonyl (C=O) groups excluding carboxylic acids is 1. The first-order chi connectivity index (χ1) is 12.6. The first kappa shape index (κ1) is 18.5. The van der Waals surface area contributed by atoms with Crippen molar-refractivity contribution in [3.05, 3.63) is 54.0 Å². The molecule has 3 rings (SSSR count). The highest BCUT2D eigenvalue weighted by Gasteiger charge is 2.25. The third-order valence-electron chi connectivity index (χ3n) is 4.65. The highest BCUT2D eigenvalue weighted by Crippen LogP contribution is 2.24. The molecular formula is C21H28N2O3. The predicted octanol–water partition coefficient (Wildman–Crippen LogP) is 4.02. The zero-order chi connectivity index (χ0) is 18.4. The summed E-state index contributed by atoms with van der Waals surface area (Å²) in [6.07, 6.45) is 5.48. The van der Waals surface area contributed by atoms with Crippen LogP contribution >= 0.6 is 0 Å². The van der Waals surface area contributed by atoms with Crippen molar-refractivity contribution >= 4 is 5.91 Å². The van der Waals surface area contributed by atoms with Crippen molar-refractivity contribution in [1.82, 2.24) is 10.2 Å². The third-order valence-corrected chi connectivity index (χ3v) is 4.65. The van der Waals surface area contributed by atoms with Crippen LogP contribution in [0.5, 0.6) is 5.75 Å². The van der Waals surface area contributed by atoms with E-state index in [0.717, 1.165) is 24.6 Å². The van der Waals surface area contributed by atoms with Crippen molar-refractivity contribution in [1.29, 1.82) is 0 Å². The van der Waals surface area contributed by atoms with Gasteiger partial charge in [0.25, 0.3) is 5.91 Å². The van der Waals surface area contributed by atoms with E-state index in [9.17, 15) is 4.79 Å². The molecule has 5 nitrogen and oxygen atoms in total. The first-order valence-corrected chi connectivity index (χ1v) is 9.46. The van der Waals surface area contributed by atoms with Crippen LogP contribution < -0.4 is 10.1 Å². The van der Waals surface area contributed by atoms with Crippen LogP contribution in [-0.4, -0.2) is 36.5 Å². The Hall–Kier alpha value is -2.27. The number of likely N-dealkylation sites (tertiary alicyclic amines) is 1. The predicted molar refractivity (Wildman–Crippen MR) is 101 cm³/mol. The molecule has 1 amide bonds. The van der Waals surface area contributed by atoms with E-state index in [2.05, 4.69) is 10.2 Å². The van der Waals surface area contributed by atoms with Gasteiger partial charge < -0.3 is 14.5 Å². The van der Waals surface area contributed by atoms with E-state index in [-0.39, 0.29) is 18.1 Å². The zero-order valence-electron chi connectivity index (χ0n) is 15.6. The second kappa shape index (κ2) is 8.90. The fraction of sp³-hybridized carbons (Fsp3) is 0.476. The number of ether oxygens (including phenoxy) is 1. The summed E-state index contributed by atoms with van der Waals surface area (Å²) in [5.41, 5.74) is 0.637. The topological polar surface area (TPSA) is 54.7 Å². The number of nitrogens with zero attached hydrogens (tertiary/aromatic N) is 1. The lowest BCUT2D eigenvalue weighted by atomic mass is 10.1. The van der Waals surface area contributed by atoms with E-state index in [0.29, 0.717) is 12.1 Å². The van der Waals surface area contributed by atoms with Gasteiger partial charge in [-0.2, -0.15) is 0 Å². The van der Waals surface area contributed by atoms with E-state index < -0.39 is 0 Å². The fourth-order valence-corrected chi connectivity index (χ4v) is 3.37. The molecule has 140 valence electrons. The van der Waals surface area contributed by atoms with Crippen LogP contribution in [0.15, 0.2) is 47.1 Å². The van der Waals surface area contributed by atoms with Crippen molar-refractivity contribution in [2.24, 2.45) is 0 Å². The minimum atomic E-state index is -0.0744. The van der Waals surface area contributed by atoms with Gasteiger partial charge in [0.1, 0.15) is 11.5 Å². The van der Waals surface area contributed by atoms with Crippen LogP contribution in [0.1, 0.15) is 55.3 Å². The molecule has 5 heteroatoms. The van der Waals surface area contributed by atoms with Gasteiger partial charge in [0, 0.05) is 12.1 Å². The van der Waals surface area contributed by atoms with Gasteiger partial charge in [-0.3, -0.25) is 9.69 Å². The summed E-state index contributed by atoms with van der Waals surface area (Å²) >= 11 is 0. The van der Waals surface area contributed by atoms with Crippen molar-refractivity contribution in [3.63, 3.8) is 0 Å². The van der Waals surface area contributed by atoms with E-state index in [1.807, 2.05) is 38.1 Å². The van der Waals surface area contributed by atoms with E-state index >= 15 is 0 Å². The molecule has 1 aliphatic heterocycles. The summed E-state index contributed by atoms with van der Waals surface area (Å²) in [7, 11) is 0. The number of benzene rings is 1. The average molecular weight is 356 g/mol. The van der Waals surface area contributed by atoms with Gasteiger partial charge in [0.15, 0.2) is 0 Å². The number of furan rings is 1. The molecular weight excluding hydrogens is 328 g/mol. The number of hydrogen-bond donors (Lipinski definition) is 1. The van der Waals surface area contributed by atoms with E-state index in [4.69, 9.17) is 9.15 Å². The van der Waals surface area contributed by atoms with Crippen molar-refractivity contribution < 1.29 is 13.9 Å². The number of amides is 1. The number of nitrogens with one attached hydrogen (secondary N) is 1. The maximum absolute atomic E-state index is 12.5. The fourth-order valence-electron chi connectivity index (χ4n) is 3.37. The lowest BCUT2D eigenvalue weighted by molar-refractivity contribution is 0.0914. The Balaban J connectivity index is 1.62. The Kier molecular flexibility index (Phi) is 6.34. The molecule has 0 aliphatic carbocycles. The largest absolute Gasteiger partial charge is 0.491 e. The second-order valence-electron chi connectivity index (χ2n) is 7.03. The highest BCUT2D eigenvalue weighted by atomic mass is 16.5. The molecule has 1 saturated heterocycles. The van der Waals surface area contributed by atoms with Crippen LogP contribution in [0, 0.1) is 0 Å². The van der Waals surface area contributed by atoms with Crippen molar-refractivity contribution in [2.75, 3.05) is 19.6 Å². The number of rotatable bonds is 7. The molecule has 0 spiro atoms. The average Bonchev–Trinajstić information content (AvgIpc) is 3.17. The summed E-state index contributed by atoms with van der Waals surface area (Å²) < 4.78 is 11.3. The molecule has 1 fully saturated rings. The van der Waals surface area contributed by atoms with Crippen LogP contribution in [0.2, 0.25) is 0 Å². The van der Waals surface area contributed by atoms with Crippen LogP contribution in [0.3, 0.4) is 0 Å². The molecule has 1 unspecified atom stereocenters. The Bertz CT molecular complexity index is 674. The smallest absolute Gasteiger partial charge is 0.251 e. The van der Waals surface area contributed by atoms with Crippen molar-refractivity contribution in [2.45, 2.75) is 45.3 Å². The molecule has 0 saturated carbocycles. The third kappa shape index (κ3) is 4.88. The lowest BCUT2D eigenvalue weighted by Crippen LogP contribution is -2.40. The summed E-state index contributed by atoms with van der Waals surface area (Å²) in [6.45, 7) is 6.59. The molecule has 1 aromatic heterocycles. The summed E-state index contributed by atoms with van der Waals surface area (Å²) in [5, 5.41) is 3.06. The molecule has 0 radical (unpaired) electrons. The summed E-state index contributed by atoms with van der Waals surface area (Å²) in [6, 6.07) is 11.3. The molecule has 2 aromatic rings. The summed E-state index contributed by atoms with van der Waals surface area (Å²) in [4.78, 5) is 14.9. The Morgan fingerprint density at radius 3 is 2.50 bits per heavy atom. The first-order valence-electron chi connectivity index (χ1n) is 9.46. The number of hydrogen-bond acceptors (Lipinski definition) is 4. The Morgan fingerprint density at radius 1 is 1.15 bits per heavy atom. The molecule has 1 aromatic carbocycles. The molecule has 26 heavy (non-hydrogen) atoms. The van der Waals surface area contributed by atoms with Gasteiger partial charge in [-0.05, 0) is 76.2 Å². The summed E-state index contributed by atoms with van der Waals surface area (Å²) in [5.74, 6) is 1.61. The van der Waals surface area contributed by atoms with Gasteiger partial charge in [-0.1, -0.05) is 6.42 Å². The maximum atomic E-state index is 12.5. The van der Waals surface area contributed by atoms with Crippen molar-refractivity contribution in [3.8, 4) is 5.75 Å². The second-order valence-corrected chi connectivity index (χ2v) is 7.03. The molecule has 1 atom stereocenters. The molecule has 1 aliphatic rings. The molecule has 1 N–H and O–H groups in total. The van der Waals surface area contributed by atoms with Crippen LogP contribution in [0.4, 0.5) is 0 Å². The normalized spacial score (nSPS) is 16.4. The van der Waals surface area contributed by atoms with Gasteiger partial charge in [-0.25, -0.2) is 0 Å². The number of piperidine rings is 1. The SMILES string of the molecule is CC(C)Oc1ccc(C(=O)NCC(c2ccco2)N2CCCCC2)cc1. The monoisotopic (exact) mass is 356 g/mol. The standard InChI is InChI=1S/C21H28N2O3/c1-16(2)26-18-10-8-17(9-11-18)21(24)22-15-19(20-7-6-14-25-20)23-12-4-3-5-13-23/h6-11,14,16,19H,3-5,12-13,15H2,1-2H3,(H,22,24). The zero-order valence-corrected chi connectivity index (χ0v) is 15.6. The van der Waals surface area contributed by atoms with Gasteiger partial charge in [0.2, 0.25) is 0 Å². The Labute approximate surface area is 155 Å². The van der Waals surface area contributed by atoms with Crippen LogP contribution in [0.25, 0.3) is 0 Å². The van der Waals surface area contributed by atoms with Gasteiger partial charge in [0.05, 0.1) is 18.4 Å². The lowest BCUT2D eigenvalue weighted by Gasteiger charge is -2.33. The quantitative estimate of drug-likeness (QED) is 0.814. The highest BCUT2D eigenvalue weighted by molar-refractivity contribution is 5.94. The maximum Gasteiger partial charge on any atom is 0.251 e.